The molecule has 84 valence electrons. The number of nitrogens with one attached hydrogen (secondary N) is 1. The van der Waals surface area contributed by atoms with Gasteiger partial charge >= 0.3 is 0 Å². The van der Waals surface area contributed by atoms with Crippen molar-refractivity contribution < 1.29 is 8.78 Å². The fraction of sp³-hybridized carbons (Fsp3) is 0.200. The first-order valence-electron chi connectivity index (χ1n) is 4.76. The zero-order valence-electron chi connectivity index (χ0n) is 8.40. The molecule has 6 heteroatoms. The molecule has 2 rings (SSSR count). The number of halogens is 2. The lowest BCUT2D eigenvalue weighted by Gasteiger charge is -2.06. The second-order valence-electron chi connectivity index (χ2n) is 3.21. The van der Waals surface area contributed by atoms with Gasteiger partial charge in [-0.05, 0) is 0 Å². The van der Waals surface area contributed by atoms with Gasteiger partial charge in [0.1, 0.15) is 5.82 Å². The van der Waals surface area contributed by atoms with Crippen LogP contribution in [0.5, 0.6) is 0 Å². The maximum atomic E-state index is 13.1. The predicted molar refractivity (Wildman–Crippen MR) is 54.9 cm³/mol. The van der Waals surface area contributed by atoms with Crippen molar-refractivity contribution >= 4 is 5.82 Å². The Kier molecular flexibility index (Phi) is 3.09. The van der Waals surface area contributed by atoms with Crippen molar-refractivity contribution in [2.24, 2.45) is 0 Å². The first-order chi connectivity index (χ1) is 7.75. The Labute approximate surface area is 91.0 Å². The van der Waals surface area contributed by atoms with Crippen molar-refractivity contribution in [1.82, 2.24) is 14.5 Å². The molecule has 2 aromatic rings. The van der Waals surface area contributed by atoms with Crippen molar-refractivity contribution in [3.63, 3.8) is 0 Å². The third-order valence-corrected chi connectivity index (χ3v) is 2.03. The van der Waals surface area contributed by atoms with Crippen molar-refractivity contribution in [1.29, 1.82) is 0 Å². The maximum absolute atomic E-state index is 13.1. The molecule has 2 heterocycles. The van der Waals surface area contributed by atoms with E-state index in [-0.39, 0.29) is 5.82 Å². The van der Waals surface area contributed by atoms with Crippen molar-refractivity contribution in [3.8, 4) is 0 Å². The normalized spacial score (nSPS) is 10.4. The second-order valence-corrected chi connectivity index (χ2v) is 3.21. The minimum Gasteiger partial charge on any atom is -0.366 e. The van der Waals surface area contributed by atoms with E-state index < -0.39 is 11.6 Å². The van der Waals surface area contributed by atoms with Gasteiger partial charge in [0.05, 0.1) is 12.5 Å². The van der Waals surface area contributed by atoms with E-state index in [4.69, 9.17) is 0 Å². The molecule has 0 atom stereocenters. The van der Waals surface area contributed by atoms with E-state index in [1.165, 1.54) is 0 Å². The monoisotopic (exact) mass is 224 g/mol. The van der Waals surface area contributed by atoms with E-state index in [1.807, 2.05) is 4.57 Å². The van der Waals surface area contributed by atoms with Crippen LogP contribution in [-0.4, -0.2) is 21.1 Å². The Bertz CT molecular complexity index is 456. The summed E-state index contributed by atoms with van der Waals surface area (Å²) in [6, 6.07) is 0.798. The summed E-state index contributed by atoms with van der Waals surface area (Å²) in [6.07, 6.45) is 6.10. The van der Waals surface area contributed by atoms with Gasteiger partial charge in [0, 0.05) is 31.5 Å². The summed E-state index contributed by atoms with van der Waals surface area (Å²) in [4.78, 5) is 7.48. The fourth-order valence-corrected chi connectivity index (χ4v) is 1.27. The van der Waals surface area contributed by atoms with Crippen LogP contribution in [0.1, 0.15) is 0 Å². The van der Waals surface area contributed by atoms with Gasteiger partial charge in [-0.2, -0.15) is 0 Å². The standard InChI is InChI=1S/C10H10F2N4/c11-8-5-9(12)10(15-6-8)14-2-4-16-3-1-13-7-16/h1,3,5-7H,2,4H2,(H,14,15). The highest BCUT2D eigenvalue weighted by atomic mass is 19.1. The molecule has 2 aromatic heterocycles. The first-order valence-corrected chi connectivity index (χ1v) is 4.76. The maximum Gasteiger partial charge on any atom is 0.168 e. The number of pyridine rings is 1. The lowest BCUT2D eigenvalue weighted by molar-refractivity contribution is 0.574. The summed E-state index contributed by atoms with van der Waals surface area (Å²) >= 11 is 0. The summed E-state index contributed by atoms with van der Waals surface area (Å²) in [5, 5.41) is 2.78. The highest BCUT2D eigenvalue weighted by molar-refractivity contribution is 5.35. The summed E-state index contributed by atoms with van der Waals surface area (Å²) in [6.45, 7) is 1.13. The van der Waals surface area contributed by atoms with Gasteiger partial charge in [0.25, 0.3) is 0 Å². The summed E-state index contributed by atoms with van der Waals surface area (Å²) < 4.78 is 27.5. The minimum atomic E-state index is -0.689. The third kappa shape index (κ3) is 2.53. The Morgan fingerprint density at radius 2 is 2.25 bits per heavy atom. The molecule has 0 radical (unpaired) electrons. The number of anilines is 1. The first kappa shape index (κ1) is 10.5. The molecule has 16 heavy (non-hydrogen) atoms. The third-order valence-electron chi connectivity index (χ3n) is 2.03. The molecule has 0 aliphatic heterocycles. The minimum absolute atomic E-state index is 0.0570. The van der Waals surface area contributed by atoms with E-state index in [0.29, 0.717) is 13.1 Å². The molecule has 0 bridgehead atoms. The van der Waals surface area contributed by atoms with Crippen molar-refractivity contribution in [3.05, 3.63) is 42.6 Å². The fourth-order valence-electron chi connectivity index (χ4n) is 1.27. The summed E-state index contributed by atoms with van der Waals surface area (Å²) in [5.41, 5.74) is 0. The van der Waals surface area contributed by atoms with E-state index in [0.717, 1.165) is 12.3 Å². The van der Waals surface area contributed by atoms with Crippen molar-refractivity contribution in [2.45, 2.75) is 6.54 Å². The average Bonchev–Trinajstić information content (AvgIpc) is 2.74. The van der Waals surface area contributed by atoms with Gasteiger partial charge in [0.15, 0.2) is 11.6 Å². The zero-order valence-corrected chi connectivity index (χ0v) is 8.40. The number of aromatic nitrogens is 3. The van der Waals surface area contributed by atoms with E-state index in [1.54, 1.807) is 18.7 Å². The number of nitrogens with zero attached hydrogens (tertiary/aromatic N) is 3. The molecule has 0 amide bonds. The van der Waals surface area contributed by atoms with E-state index in [2.05, 4.69) is 15.3 Å². The highest BCUT2D eigenvalue weighted by Crippen LogP contribution is 2.10. The largest absolute Gasteiger partial charge is 0.366 e. The summed E-state index contributed by atoms with van der Waals surface area (Å²) in [7, 11) is 0. The van der Waals surface area contributed by atoms with Crippen LogP contribution in [-0.2, 0) is 6.54 Å². The van der Waals surface area contributed by atoms with Crippen LogP contribution in [0.25, 0.3) is 0 Å². The lowest BCUT2D eigenvalue weighted by Crippen LogP contribution is -2.11. The number of imidazole rings is 1. The Morgan fingerprint density at radius 1 is 1.38 bits per heavy atom. The Morgan fingerprint density at radius 3 is 2.94 bits per heavy atom. The molecule has 0 aliphatic rings. The average molecular weight is 224 g/mol. The van der Waals surface area contributed by atoms with Gasteiger partial charge in [-0.15, -0.1) is 0 Å². The Hall–Kier alpha value is -1.98. The topological polar surface area (TPSA) is 42.7 Å². The smallest absolute Gasteiger partial charge is 0.168 e. The molecule has 0 saturated heterocycles. The molecule has 0 aromatic carbocycles. The summed E-state index contributed by atoms with van der Waals surface area (Å²) in [5.74, 6) is -1.31. The van der Waals surface area contributed by atoms with Crippen LogP contribution in [0.2, 0.25) is 0 Å². The van der Waals surface area contributed by atoms with Crippen LogP contribution < -0.4 is 5.32 Å². The highest BCUT2D eigenvalue weighted by Gasteiger charge is 2.03. The number of hydrogen-bond donors (Lipinski definition) is 1. The van der Waals surface area contributed by atoms with Crippen LogP contribution in [0, 0.1) is 11.6 Å². The zero-order chi connectivity index (χ0) is 11.4. The van der Waals surface area contributed by atoms with Crippen LogP contribution in [0.4, 0.5) is 14.6 Å². The molecule has 0 spiro atoms. The molecular weight excluding hydrogens is 214 g/mol. The second kappa shape index (κ2) is 4.69. The van der Waals surface area contributed by atoms with Crippen LogP contribution >= 0.6 is 0 Å². The van der Waals surface area contributed by atoms with Gasteiger partial charge in [0.2, 0.25) is 0 Å². The molecule has 1 N–H and O–H groups in total. The molecule has 0 unspecified atom stereocenters. The molecule has 0 saturated carbocycles. The predicted octanol–water partition coefficient (Wildman–Crippen LogP) is 1.67. The van der Waals surface area contributed by atoms with E-state index >= 15 is 0 Å². The van der Waals surface area contributed by atoms with Gasteiger partial charge in [-0.25, -0.2) is 18.7 Å². The Balaban J connectivity index is 1.90. The van der Waals surface area contributed by atoms with Crippen LogP contribution in [0.15, 0.2) is 31.0 Å². The van der Waals surface area contributed by atoms with Crippen molar-refractivity contribution in [2.75, 3.05) is 11.9 Å². The van der Waals surface area contributed by atoms with Gasteiger partial charge in [-0.3, -0.25) is 0 Å². The van der Waals surface area contributed by atoms with E-state index in [9.17, 15) is 8.78 Å². The van der Waals surface area contributed by atoms with Crippen LogP contribution in [0.3, 0.4) is 0 Å². The molecular formula is C10H10F2N4. The lowest BCUT2D eigenvalue weighted by atomic mass is 10.4. The quantitative estimate of drug-likeness (QED) is 0.859. The molecule has 4 nitrogen and oxygen atoms in total. The number of rotatable bonds is 4. The van der Waals surface area contributed by atoms with Gasteiger partial charge < -0.3 is 9.88 Å². The molecule has 0 aliphatic carbocycles. The molecule has 0 fully saturated rings. The SMILES string of the molecule is Fc1cnc(NCCn2ccnc2)c(F)c1. The van der Waals surface area contributed by atoms with Gasteiger partial charge in [-0.1, -0.05) is 0 Å². The number of hydrogen-bond acceptors (Lipinski definition) is 3.